The lowest BCUT2D eigenvalue weighted by Gasteiger charge is -2.10. The molecule has 0 aromatic heterocycles. The SMILES string of the molecule is Cc1ccccc1NC(=O)CNc1ccc2ccccc2c1. The van der Waals surface area contributed by atoms with Crippen molar-refractivity contribution in [2.24, 2.45) is 0 Å². The van der Waals surface area contributed by atoms with Crippen LogP contribution < -0.4 is 10.6 Å². The molecule has 0 unspecified atom stereocenters. The number of hydrogen-bond acceptors (Lipinski definition) is 2. The van der Waals surface area contributed by atoms with E-state index in [0.29, 0.717) is 0 Å². The Labute approximate surface area is 130 Å². The van der Waals surface area contributed by atoms with E-state index in [9.17, 15) is 4.79 Å². The number of hydrogen-bond donors (Lipinski definition) is 2. The van der Waals surface area contributed by atoms with Gasteiger partial charge in [-0.1, -0.05) is 48.5 Å². The molecule has 0 aliphatic rings. The van der Waals surface area contributed by atoms with Crippen molar-refractivity contribution in [3.63, 3.8) is 0 Å². The molecule has 0 atom stereocenters. The second-order valence-electron chi connectivity index (χ2n) is 5.28. The molecule has 1 amide bonds. The van der Waals surface area contributed by atoms with E-state index in [4.69, 9.17) is 0 Å². The van der Waals surface area contributed by atoms with E-state index >= 15 is 0 Å². The predicted molar refractivity (Wildman–Crippen MR) is 92.2 cm³/mol. The van der Waals surface area contributed by atoms with E-state index in [-0.39, 0.29) is 12.5 Å². The van der Waals surface area contributed by atoms with Crippen molar-refractivity contribution in [2.75, 3.05) is 17.2 Å². The number of aryl methyl sites for hydroxylation is 1. The lowest BCUT2D eigenvalue weighted by Crippen LogP contribution is -2.22. The molecule has 110 valence electrons. The minimum Gasteiger partial charge on any atom is -0.376 e. The standard InChI is InChI=1S/C19H18N2O/c1-14-6-2-5-9-18(14)21-19(22)13-20-17-11-10-15-7-3-4-8-16(15)12-17/h2-12,20H,13H2,1H3,(H,21,22). The highest BCUT2D eigenvalue weighted by Crippen LogP contribution is 2.18. The fraction of sp³-hybridized carbons (Fsp3) is 0.105. The molecule has 3 rings (SSSR count). The van der Waals surface area contributed by atoms with Gasteiger partial charge in [0.25, 0.3) is 0 Å². The summed E-state index contributed by atoms with van der Waals surface area (Å²) in [7, 11) is 0. The summed E-state index contributed by atoms with van der Waals surface area (Å²) >= 11 is 0. The summed E-state index contributed by atoms with van der Waals surface area (Å²) in [5.41, 5.74) is 2.85. The van der Waals surface area contributed by atoms with Crippen LogP contribution in [0.25, 0.3) is 10.8 Å². The Morgan fingerprint density at radius 3 is 2.45 bits per heavy atom. The van der Waals surface area contributed by atoms with Gasteiger partial charge in [-0.05, 0) is 41.5 Å². The van der Waals surface area contributed by atoms with Gasteiger partial charge in [-0.15, -0.1) is 0 Å². The number of rotatable bonds is 4. The van der Waals surface area contributed by atoms with Crippen LogP contribution in [-0.4, -0.2) is 12.5 Å². The fourth-order valence-corrected chi connectivity index (χ4v) is 2.39. The average molecular weight is 290 g/mol. The van der Waals surface area contributed by atoms with E-state index in [1.165, 1.54) is 5.39 Å². The fourth-order valence-electron chi connectivity index (χ4n) is 2.39. The summed E-state index contributed by atoms with van der Waals surface area (Å²) in [5, 5.41) is 8.43. The first-order valence-electron chi connectivity index (χ1n) is 7.30. The minimum absolute atomic E-state index is 0.0533. The Balaban J connectivity index is 1.63. The summed E-state index contributed by atoms with van der Waals surface area (Å²) in [6.07, 6.45) is 0. The van der Waals surface area contributed by atoms with Crippen molar-refractivity contribution in [3.8, 4) is 0 Å². The molecule has 0 aliphatic carbocycles. The molecule has 0 spiro atoms. The zero-order valence-corrected chi connectivity index (χ0v) is 12.5. The van der Waals surface area contributed by atoms with Gasteiger partial charge >= 0.3 is 0 Å². The number of carbonyl (C=O) groups excluding carboxylic acids is 1. The third kappa shape index (κ3) is 3.26. The van der Waals surface area contributed by atoms with Gasteiger partial charge in [0.2, 0.25) is 5.91 Å². The van der Waals surface area contributed by atoms with Crippen molar-refractivity contribution < 1.29 is 4.79 Å². The lowest BCUT2D eigenvalue weighted by atomic mass is 10.1. The highest BCUT2D eigenvalue weighted by Gasteiger charge is 2.04. The number of amides is 1. The van der Waals surface area contributed by atoms with Gasteiger partial charge < -0.3 is 10.6 Å². The zero-order valence-electron chi connectivity index (χ0n) is 12.5. The molecule has 0 fully saturated rings. The van der Waals surface area contributed by atoms with Crippen LogP contribution in [0.5, 0.6) is 0 Å². The molecule has 0 saturated heterocycles. The minimum atomic E-state index is -0.0533. The van der Waals surface area contributed by atoms with Gasteiger partial charge in [-0.25, -0.2) is 0 Å². The number of fused-ring (bicyclic) bond motifs is 1. The highest BCUT2D eigenvalue weighted by atomic mass is 16.1. The van der Waals surface area contributed by atoms with Crippen molar-refractivity contribution in [1.82, 2.24) is 0 Å². The van der Waals surface area contributed by atoms with Crippen LogP contribution in [-0.2, 0) is 4.79 Å². The Hall–Kier alpha value is -2.81. The molecule has 3 heteroatoms. The Morgan fingerprint density at radius 2 is 1.64 bits per heavy atom. The zero-order chi connectivity index (χ0) is 15.4. The van der Waals surface area contributed by atoms with Crippen LogP contribution in [0.15, 0.2) is 66.7 Å². The maximum absolute atomic E-state index is 12.0. The molecule has 0 aliphatic heterocycles. The summed E-state index contributed by atoms with van der Waals surface area (Å²) in [5.74, 6) is -0.0533. The molecule has 3 nitrogen and oxygen atoms in total. The average Bonchev–Trinajstić information content (AvgIpc) is 2.55. The van der Waals surface area contributed by atoms with Crippen LogP contribution in [0.1, 0.15) is 5.56 Å². The summed E-state index contributed by atoms with van der Waals surface area (Å²) in [6.45, 7) is 2.22. The molecule has 3 aromatic carbocycles. The smallest absolute Gasteiger partial charge is 0.243 e. The molecule has 0 bridgehead atoms. The first-order valence-corrected chi connectivity index (χ1v) is 7.30. The van der Waals surface area contributed by atoms with Gasteiger partial charge in [-0.2, -0.15) is 0 Å². The topological polar surface area (TPSA) is 41.1 Å². The third-order valence-corrected chi connectivity index (χ3v) is 3.62. The summed E-state index contributed by atoms with van der Waals surface area (Å²) in [6, 6.07) is 22.0. The summed E-state index contributed by atoms with van der Waals surface area (Å²) < 4.78 is 0. The lowest BCUT2D eigenvalue weighted by molar-refractivity contribution is -0.114. The van der Waals surface area contributed by atoms with Gasteiger partial charge in [-0.3, -0.25) is 4.79 Å². The van der Waals surface area contributed by atoms with Crippen molar-refractivity contribution >= 4 is 28.1 Å². The van der Waals surface area contributed by atoms with Gasteiger partial charge in [0.05, 0.1) is 6.54 Å². The van der Waals surface area contributed by atoms with E-state index in [1.807, 2.05) is 49.4 Å². The van der Waals surface area contributed by atoms with Crippen LogP contribution in [0.3, 0.4) is 0 Å². The Kier molecular flexibility index (Phi) is 4.05. The molecule has 22 heavy (non-hydrogen) atoms. The van der Waals surface area contributed by atoms with Gasteiger partial charge in [0.15, 0.2) is 0 Å². The molecule has 0 heterocycles. The molecular formula is C19H18N2O. The summed E-state index contributed by atoms with van der Waals surface area (Å²) in [4.78, 5) is 12.0. The van der Waals surface area contributed by atoms with Crippen molar-refractivity contribution in [2.45, 2.75) is 6.92 Å². The monoisotopic (exact) mass is 290 g/mol. The second-order valence-corrected chi connectivity index (χ2v) is 5.28. The number of benzene rings is 3. The van der Waals surface area contributed by atoms with E-state index in [0.717, 1.165) is 22.3 Å². The molecule has 0 radical (unpaired) electrons. The predicted octanol–water partition coefficient (Wildman–Crippen LogP) is 4.20. The number of nitrogens with one attached hydrogen (secondary N) is 2. The van der Waals surface area contributed by atoms with Gasteiger partial charge in [0.1, 0.15) is 0 Å². The van der Waals surface area contributed by atoms with Crippen LogP contribution in [0.2, 0.25) is 0 Å². The normalized spacial score (nSPS) is 10.4. The van der Waals surface area contributed by atoms with E-state index in [2.05, 4.69) is 34.9 Å². The molecule has 3 aromatic rings. The van der Waals surface area contributed by atoms with E-state index < -0.39 is 0 Å². The Morgan fingerprint density at radius 1 is 0.909 bits per heavy atom. The van der Waals surface area contributed by atoms with Crippen molar-refractivity contribution in [3.05, 3.63) is 72.3 Å². The number of para-hydroxylation sites is 1. The number of anilines is 2. The van der Waals surface area contributed by atoms with Crippen LogP contribution >= 0.6 is 0 Å². The molecule has 0 saturated carbocycles. The maximum Gasteiger partial charge on any atom is 0.243 e. The van der Waals surface area contributed by atoms with Crippen molar-refractivity contribution in [1.29, 1.82) is 0 Å². The van der Waals surface area contributed by atoms with Crippen LogP contribution in [0, 0.1) is 6.92 Å². The number of carbonyl (C=O) groups is 1. The highest BCUT2D eigenvalue weighted by molar-refractivity contribution is 5.95. The second kappa shape index (κ2) is 6.31. The maximum atomic E-state index is 12.0. The first-order chi connectivity index (χ1) is 10.7. The van der Waals surface area contributed by atoms with E-state index in [1.54, 1.807) is 0 Å². The van der Waals surface area contributed by atoms with Gasteiger partial charge in [0, 0.05) is 11.4 Å². The molecule has 2 N–H and O–H groups in total. The first kappa shape index (κ1) is 14.1. The molecular weight excluding hydrogens is 272 g/mol. The van der Waals surface area contributed by atoms with Crippen LogP contribution in [0.4, 0.5) is 11.4 Å². The largest absolute Gasteiger partial charge is 0.376 e. The third-order valence-electron chi connectivity index (χ3n) is 3.62. The quantitative estimate of drug-likeness (QED) is 0.756. The Bertz CT molecular complexity index is 811.